The lowest BCUT2D eigenvalue weighted by Gasteiger charge is -2.19. The number of amides is 2. The molecule has 24 heavy (non-hydrogen) atoms. The summed E-state index contributed by atoms with van der Waals surface area (Å²) in [5.41, 5.74) is 3.06. The maximum absolute atomic E-state index is 12.1. The Morgan fingerprint density at radius 3 is 2.12 bits per heavy atom. The van der Waals surface area contributed by atoms with Crippen LogP contribution >= 0.6 is 0 Å². The van der Waals surface area contributed by atoms with Crippen molar-refractivity contribution < 1.29 is 14.7 Å². The number of carbonyl (C=O) groups excluding carboxylic acids is 1. The molecule has 0 heterocycles. The summed E-state index contributed by atoms with van der Waals surface area (Å²) in [5.74, 6) is -1.02. The number of aromatic carboxylic acids is 1. The molecule has 0 saturated heterocycles. The first-order chi connectivity index (χ1) is 11.2. The first-order valence-corrected chi connectivity index (χ1v) is 7.70. The highest BCUT2D eigenvalue weighted by atomic mass is 16.4. The molecule has 126 valence electrons. The molecule has 0 aliphatic rings. The van der Waals surface area contributed by atoms with Gasteiger partial charge in [-0.15, -0.1) is 0 Å². The van der Waals surface area contributed by atoms with Crippen molar-refractivity contribution in [2.24, 2.45) is 0 Å². The van der Waals surface area contributed by atoms with Gasteiger partial charge in [0.1, 0.15) is 0 Å². The standard InChI is InChI=1S/C19H22N2O3/c1-12-15(17(22)23)6-5-7-16(12)21-18(24)20-14-10-8-13(9-11-14)19(2,3)4/h5-11H,1-4H3,(H,22,23)(H2,20,21,24). The van der Waals surface area contributed by atoms with Gasteiger partial charge in [0.2, 0.25) is 0 Å². The molecule has 2 aromatic carbocycles. The Balaban J connectivity index is 2.09. The molecule has 2 amide bonds. The van der Waals surface area contributed by atoms with Crippen LogP contribution in [0.5, 0.6) is 0 Å². The van der Waals surface area contributed by atoms with Crippen LogP contribution in [0.4, 0.5) is 16.2 Å². The molecule has 0 bridgehead atoms. The van der Waals surface area contributed by atoms with Crippen molar-refractivity contribution >= 4 is 23.4 Å². The highest BCUT2D eigenvalue weighted by Crippen LogP contribution is 2.24. The van der Waals surface area contributed by atoms with Crippen LogP contribution in [0, 0.1) is 6.92 Å². The molecular formula is C19H22N2O3. The van der Waals surface area contributed by atoms with Crippen molar-refractivity contribution in [1.29, 1.82) is 0 Å². The van der Waals surface area contributed by atoms with E-state index >= 15 is 0 Å². The fourth-order valence-electron chi connectivity index (χ4n) is 2.34. The largest absolute Gasteiger partial charge is 0.478 e. The van der Waals surface area contributed by atoms with E-state index in [1.165, 1.54) is 11.6 Å². The van der Waals surface area contributed by atoms with Gasteiger partial charge in [-0.1, -0.05) is 39.0 Å². The van der Waals surface area contributed by atoms with E-state index in [9.17, 15) is 9.59 Å². The summed E-state index contributed by atoms with van der Waals surface area (Å²) in [5, 5.41) is 14.6. The second kappa shape index (κ2) is 6.74. The molecule has 0 fully saturated rings. The van der Waals surface area contributed by atoms with Crippen molar-refractivity contribution in [2.75, 3.05) is 10.6 Å². The number of rotatable bonds is 3. The Morgan fingerprint density at radius 1 is 0.958 bits per heavy atom. The van der Waals surface area contributed by atoms with Gasteiger partial charge in [0.05, 0.1) is 5.56 Å². The number of hydrogen-bond acceptors (Lipinski definition) is 2. The van der Waals surface area contributed by atoms with E-state index in [-0.39, 0.29) is 11.0 Å². The summed E-state index contributed by atoms with van der Waals surface area (Å²) < 4.78 is 0. The lowest BCUT2D eigenvalue weighted by atomic mass is 9.87. The second-order valence-corrected chi connectivity index (χ2v) is 6.69. The van der Waals surface area contributed by atoms with E-state index in [0.717, 1.165) is 0 Å². The molecule has 0 aliphatic carbocycles. The molecule has 5 heteroatoms. The van der Waals surface area contributed by atoms with Crippen LogP contribution in [0.15, 0.2) is 42.5 Å². The van der Waals surface area contributed by atoms with Crippen LogP contribution in [0.2, 0.25) is 0 Å². The molecule has 0 saturated carbocycles. The fourth-order valence-corrected chi connectivity index (χ4v) is 2.34. The van der Waals surface area contributed by atoms with Gasteiger partial charge in [-0.25, -0.2) is 9.59 Å². The Kier molecular flexibility index (Phi) is 4.93. The summed E-state index contributed by atoms with van der Waals surface area (Å²) in [6, 6.07) is 12.0. The summed E-state index contributed by atoms with van der Waals surface area (Å²) in [6.45, 7) is 8.04. The highest BCUT2D eigenvalue weighted by Gasteiger charge is 2.14. The van der Waals surface area contributed by atoms with Gasteiger partial charge in [0.25, 0.3) is 0 Å². The second-order valence-electron chi connectivity index (χ2n) is 6.69. The molecule has 0 aromatic heterocycles. The van der Waals surface area contributed by atoms with Gasteiger partial charge in [0, 0.05) is 11.4 Å². The number of urea groups is 1. The Bertz CT molecular complexity index is 759. The summed E-state index contributed by atoms with van der Waals surface area (Å²) >= 11 is 0. The van der Waals surface area contributed by atoms with E-state index in [2.05, 4.69) is 31.4 Å². The predicted molar refractivity (Wildman–Crippen MR) is 95.9 cm³/mol. The monoisotopic (exact) mass is 326 g/mol. The quantitative estimate of drug-likeness (QED) is 0.769. The Labute approximate surface area is 141 Å². The number of anilines is 2. The van der Waals surface area contributed by atoms with E-state index in [1.54, 1.807) is 19.1 Å². The number of nitrogens with one attached hydrogen (secondary N) is 2. The lowest BCUT2D eigenvalue weighted by molar-refractivity contribution is 0.0696. The zero-order valence-corrected chi connectivity index (χ0v) is 14.3. The molecule has 5 nitrogen and oxygen atoms in total. The van der Waals surface area contributed by atoms with Gasteiger partial charge in [-0.3, -0.25) is 0 Å². The average Bonchev–Trinajstić information content (AvgIpc) is 2.48. The zero-order valence-electron chi connectivity index (χ0n) is 14.3. The third-order valence-electron chi connectivity index (χ3n) is 3.82. The number of carboxylic acids is 1. The number of benzene rings is 2. The minimum atomic E-state index is -1.02. The molecule has 0 unspecified atom stereocenters. The average molecular weight is 326 g/mol. The van der Waals surface area contributed by atoms with Crippen LogP contribution in [0.3, 0.4) is 0 Å². The van der Waals surface area contributed by atoms with Crippen molar-refractivity contribution in [3.8, 4) is 0 Å². The summed E-state index contributed by atoms with van der Waals surface area (Å²) in [6.07, 6.45) is 0. The van der Waals surface area contributed by atoms with Crippen LogP contribution in [-0.4, -0.2) is 17.1 Å². The van der Waals surface area contributed by atoms with E-state index in [0.29, 0.717) is 16.9 Å². The maximum Gasteiger partial charge on any atom is 0.336 e. The third-order valence-corrected chi connectivity index (χ3v) is 3.82. The van der Waals surface area contributed by atoms with Crippen molar-refractivity contribution in [3.05, 3.63) is 59.2 Å². The summed E-state index contributed by atoms with van der Waals surface area (Å²) in [4.78, 5) is 23.3. The van der Waals surface area contributed by atoms with Crippen molar-refractivity contribution in [2.45, 2.75) is 33.1 Å². The first-order valence-electron chi connectivity index (χ1n) is 7.70. The van der Waals surface area contributed by atoms with Crippen LogP contribution in [-0.2, 0) is 5.41 Å². The minimum Gasteiger partial charge on any atom is -0.478 e. The summed E-state index contributed by atoms with van der Waals surface area (Å²) in [7, 11) is 0. The Hall–Kier alpha value is -2.82. The van der Waals surface area contributed by atoms with E-state index in [4.69, 9.17) is 5.11 Å². The maximum atomic E-state index is 12.1. The number of hydrogen-bond donors (Lipinski definition) is 3. The minimum absolute atomic E-state index is 0.0508. The molecule has 0 atom stereocenters. The van der Waals surface area contributed by atoms with Crippen LogP contribution in [0.25, 0.3) is 0 Å². The van der Waals surface area contributed by atoms with Gasteiger partial charge < -0.3 is 15.7 Å². The normalized spacial score (nSPS) is 11.0. The molecule has 2 aromatic rings. The van der Waals surface area contributed by atoms with Crippen LogP contribution in [0.1, 0.15) is 42.3 Å². The molecule has 3 N–H and O–H groups in total. The Morgan fingerprint density at radius 2 is 1.58 bits per heavy atom. The molecule has 0 spiro atoms. The van der Waals surface area contributed by atoms with E-state index in [1.807, 2.05) is 24.3 Å². The third kappa shape index (κ3) is 4.13. The zero-order chi connectivity index (χ0) is 17.9. The topological polar surface area (TPSA) is 78.4 Å². The molecule has 2 rings (SSSR count). The molecular weight excluding hydrogens is 304 g/mol. The predicted octanol–water partition coefficient (Wildman–Crippen LogP) is 4.63. The lowest BCUT2D eigenvalue weighted by Crippen LogP contribution is -2.20. The van der Waals surface area contributed by atoms with Gasteiger partial charge in [-0.2, -0.15) is 0 Å². The highest BCUT2D eigenvalue weighted by molar-refractivity contribution is 6.01. The van der Waals surface area contributed by atoms with Gasteiger partial charge >= 0.3 is 12.0 Å². The van der Waals surface area contributed by atoms with E-state index < -0.39 is 12.0 Å². The van der Waals surface area contributed by atoms with Gasteiger partial charge in [0.15, 0.2) is 0 Å². The fraction of sp³-hybridized carbons (Fsp3) is 0.263. The molecule has 0 radical (unpaired) electrons. The van der Waals surface area contributed by atoms with Crippen LogP contribution < -0.4 is 10.6 Å². The van der Waals surface area contributed by atoms with Crippen molar-refractivity contribution in [3.63, 3.8) is 0 Å². The number of carboxylic acid groups (broad SMARTS) is 1. The number of carbonyl (C=O) groups is 2. The van der Waals surface area contributed by atoms with Crippen molar-refractivity contribution in [1.82, 2.24) is 0 Å². The SMILES string of the molecule is Cc1c(NC(=O)Nc2ccc(C(C)(C)C)cc2)cccc1C(=O)O. The smallest absolute Gasteiger partial charge is 0.336 e. The van der Waals surface area contributed by atoms with Gasteiger partial charge in [-0.05, 0) is 47.7 Å². The first kappa shape index (κ1) is 17.5. The molecule has 0 aliphatic heterocycles.